The van der Waals surface area contributed by atoms with Crippen LogP contribution in [0, 0.1) is 11.7 Å². The van der Waals surface area contributed by atoms with E-state index < -0.39 is 11.5 Å². The third kappa shape index (κ3) is 2.68. The number of hydrogen-bond acceptors (Lipinski definition) is 4. The zero-order valence-electron chi connectivity index (χ0n) is 16.1. The van der Waals surface area contributed by atoms with E-state index in [0.717, 1.165) is 5.56 Å². The summed E-state index contributed by atoms with van der Waals surface area (Å²) in [5, 5.41) is 5.31. The molecule has 2 aliphatic heterocycles. The van der Waals surface area contributed by atoms with Gasteiger partial charge in [0.15, 0.2) is 5.78 Å². The van der Waals surface area contributed by atoms with Crippen LogP contribution in [0.15, 0.2) is 60.0 Å². The number of rotatable bonds is 3. The van der Waals surface area contributed by atoms with Crippen LogP contribution in [0.1, 0.15) is 26.7 Å². The quantitative estimate of drug-likeness (QED) is 0.588. The van der Waals surface area contributed by atoms with Crippen molar-refractivity contribution >= 4 is 40.3 Å². The van der Waals surface area contributed by atoms with Crippen molar-refractivity contribution in [1.29, 1.82) is 0 Å². The first-order valence-corrected chi connectivity index (χ1v) is 10.8. The largest absolute Gasteiger partial charge is 0.324 e. The Hall–Kier alpha value is -2.54. The summed E-state index contributed by atoms with van der Waals surface area (Å²) >= 11 is 7.66. The number of carbonyl (C=O) groups excluding carboxylic acids is 2. The Morgan fingerprint density at radius 1 is 1.23 bits per heavy atom. The molecule has 152 valence electrons. The molecule has 30 heavy (non-hydrogen) atoms. The van der Waals surface area contributed by atoms with E-state index in [4.69, 9.17) is 11.6 Å². The Labute approximate surface area is 182 Å². The number of anilines is 1. The summed E-state index contributed by atoms with van der Waals surface area (Å²) < 4.78 is 13.6. The number of benzene rings is 2. The minimum Gasteiger partial charge on any atom is -0.324 e. The number of likely N-dealkylation sites (tertiary alicyclic amines) is 1. The highest BCUT2D eigenvalue weighted by Gasteiger charge is 2.64. The first kappa shape index (κ1) is 19.4. The van der Waals surface area contributed by atoms with Crippen molar-refractivity contribution in [2.75, 3.05) is 18.9 Å². The summed E-state index contributed by atoms with van der Waals surface area (Å²) in [5.41, 5.74) is 1.03. The fourth-order valence-corrected chi connectivity index (χ4v) is 5.87. The molecule has 3 heterocycles. The Bertz CT molecular complexity index is 1150. The molecule has 1 N–H and O–H groups in total. The minimum absolute atomic E-state index is 0.0911. The van der Waals surface area contributed by atoms with Gasteiger partial charge in [0, 0.05) is 28.7 Å². The average Bonchev–Trinajstić information content (AvgIpc) is 3.42. The number of thiophene rings is 1. The molecule has 1 amide bonds. The standard InChI is InChI=1S/C23H18ClFN2O2S/c1-27-12-16(13-4-7-15(25)8-5-13)20(21(28)19-3-2-10-30-19)23(27)17-11-14(24)6-9-18(17)26-22(23)29/h2-11,16,20H,12H2,1H3,(H,26,29)/t16-,20-,23-/m1/s1. The third-order valence-corrected chi connectivity index (χ3v) is 7.38. The highest BCUT2D eigenvalue weighted by Crippen LogP contribution is 2.56. The van der Waals surface area contributed by atoms with E-state index in [1.165, 1.54) is 23.5 Å². The summed E-state index contributed by atoms with van der Waals surface area (Å²) in [6.45, 7) is 0.479. The van der Waals surface area contributed by atoms with Crippen LogP contribution in [0.4, 0.5) is 10.1 Å². The maximum atomic E-state index is 13.8. The molecule has 1 saturated heterocycles. The van der Waals surface area contributed by atoms with Crippen molar-refractivity contribution in [1.82, 2.24) is 4.90 Å². The van der Waals surface area contributed by atoms with Crippen molar-refractivity contribution in [3.05, 3.63) is 86.8 Å². The molecule has 3 atom stereocenters. The van der Waals surface area contributed by atoms with Crippen molar-refractivity contribution in [2.24, 2.45) is 5.92 Å². The van der Waals surface area contributed by atoms with Crippen LogP contribution in [-0.4, -0.2) is 30.2 Å². The molecule has 3 aromatic rings. The molecular formula is C23H18ClFN2O2S. The minimum atomic E-state index is -1.18. The number of Topliss-reactive ketones (excluding diaryl/α,β-unsaturated/α-hetero) is 1. The zero-order valence-corrected chi connectivity index (χ0v) is 17.6. The van der Waals surface area contributed by atoms with E-state index in [2.05, 4.69) is 5.32 Å². The highest BCUT2D eigenvalue weighted by atomic mass is 35.5. The SMILES string of the molecule is CN1C[C@H](c2ccc(F)cc2)[C@H](C(=O)c2cccs2)[C@]12C(=O)Nc1ccc(Cl)cc12. The van der Waals surface area contributed by atoms with E-state index in [9.17, 15) is 14.0 Å². The van der Waals surface area contributed by atoms with Crippen molar-refractivity contribution in [3.63, 3.8) is 0 Å². The molecule has 1 fully saturated rings. The summed E-state index contributed by atoms with van der Waals surface area (Å²) in [6, 6.07) is 15.1. The first-order valence-electron chi connectivity index (χ1n) is 9.59. The van der Waals surface area contributed by atoms with E-state index in [1.807, 2.05) is 23.4 Å². The molecule has 7 heteroatoms. The molecule has 2 aromatic carbocycles. The summed E-state index contributed by atoms with van der Waals surface area (Å²) in [6.07, 6.45) is 0. The second-order valence-electron chi connectivity index (χ2n) is 7.77. The van der Waals surface area contributed by atoms with Crippen LogP contribution in [0.5, 0.6) is 0 Å². The molecule has 2 aliphatic rings. The fraction of sp³-hybridized carbons (Fsp3) is 0.217. The highest BCUT2D eigenvalue weighted by molar-refractivity contribution is 7.12. The lowest BCUT2D eigenvalue weighted by atomic mass is 9.71. The van der Waals surface area contributed by atoms with Crippen LogP contribution in [0.3, 0.4) is 0 Å². The van der Waals surface area contributed by atoms with Gasteiger partial charge in [-0.25, -0.2) is 4.39 Å². The maximum Gasteiger partial charge on any atom is 0.250 e. The van der Waals surface area contributed by atoms with Gasteiger partial charge in [0.2, 0.25) is 5.91 Å². The lowest BCUT2D eigenvalue weighted by Crippen LogP contribution is -2.51. The Balaban J connectivity index is 1.74. The van der Waals surface area contributed by atoms with Crippen LogP contribution in [-0.2, 0) is 10.3 Å². The fourth-order valence-electron chi connectivity index (χ4n) is 4.99. The molecule has 0 aliphatic carbocycles. The van der Waals surface area contributed by atoms with Gasteiger partial charge in [-0.15, -0.1) is 11.3 Å². The molecule has 0 radical (unpaired) electrons. The number of nitrogens with zero attached hydrogens (tertiary/aromatic N) is 1. The second-order valence-corrected chi connectivity index (χ2v) is 9.15. The van der Waals surface area contributed by atoms with Crippen molar-refractivity contribution in [3.8, 4) is 0 Å². The van der Waals surface area contributed by atoms with E-state index >= 15 is 0 Å². The van der Waals surface area contributed by atoms with Gasteiger partial charge in [-0.3, -0.25) is 14.5 Å². The second kappa shape index (κ2) is 7.01. The molecule has 0 unspecified atom stereocenters. The molecule has 1 spiro atoms. The van der Waals surface area contributed by atoms with Crippen LogP contribution < -0.4 is 5.32 Å². The molecule has 4 nitrogen and oxygen atoms in total. The van der Waals surface area contributed by atoms with Gasteiger partial charge < -0.3 is 5.32 Å². The van der Waals surface area contributed by atoms with Gasteiger partial charge in [0.25, 0.3) is 0 Å². The van der Waals surface area contributed by atoms with Gasteiger partial charge in [-0.05, 0) is 54.4 Å². The number of nitrogens with one attached hydrogen (secondary N) is 1. The molecule has 0 saturated carbocycles. The summed E-state index contributed by atoms with van der Waals surface area (Å²) in [5.74, 6) is -1.61. The van der Waals surface area contributed by atoms with Crippen molar-refractivity contribution < 1.29 is 14.0 Å². The van der Waals surface area contributed by atoms with E-state index in [1.54, 1.807) is 36.4 Å². The number of amides is 1. The number of halogens is 2. The number of ketones is 1. The Morgan fingerprint density at radius 3 is 2.70 bits per heavy atom. The van der Waals surface area contributed by atoms with Crippen LogP contribution in [0.25, 0.3) is 0 Å². The average molecular weight is 441 g/mol. The van der Waals surface area contributed by atoms with Gasteiger partial charge in [-0.2, -0.15) is 0 Å². The van der Waals surface area contributed by atoms with Crippen molar-refractivity contribution in [2.45, 2.75) is 11.5 Å². The number of carbonyl (C=O) groups is 2. The monoisotopic (exact) mass is 440 g/mol. The van der Waals surface area contributed by atoms with Crippen LogP contribution in [0.2, 0.25) is 5.02 Å². The predicted molar refractivity (Wildman–Crippen MR) is 116 cm³/mol. The lowest BCUT2D eigenvalue weighted by molar-refractivity contribution is -0.126. The normalized spacial score (nSPS) is 25.5. The number of likely N-dealkylation sites (N-methyl/N-ethyl adjacent to an activating group) is 1. The van der Waals surface area contributed by atoms with Gasteiger partial charge in [0.05, 0.1) is 10.8 Å². The smallest absolute Gasteiger partial charge is 0.250 e. The Kier molecular flexibility index (Phi) is 4.54. The number of fused-ring (bicyclic) bond motifs is 2. The summed E-state index contributed by atoms with van der Waals surface area (Å²) in [7, 11) is 1.85. The molecule has 1 aromatic heterocycles. The van der Waals surface area contributed by atoms with E-state index in [0.29, 0.717) is 27.7 Å². The zero-order chi connectivity index (χ0) is 21.0. The van der Waals surface area contributed by atoms with Crippen LogP contribution >= 0.6 is 22.9 Å². The molecule has 5 rings (SSSR count). The maximum absolute atomic E-state index is 13.8. The first-order chi connectivity index (χ1) is 14.4. The molecular weight excluding hydrogens is 423 g/mol. The summed E-state index contributed by atoms with van der Waals surface area (Å²) in [4.78, 5) is 29.8. The van der Waals surface area contributed by atoms with Gasteiger partial charge in [-0.1, -0.05) is 29.8 Å². The Morgan fingerprint density at radius 2 is 2.00 bits per heavy atom. The molecule has 0 bridgehead atoms. The number of hydrogen-bond donors (Lipinski definition) is 1. The third-order valence-electron chi connectivity index (χ3n) is 6.26. The van der Waals surface area contributed by atoms with Gasteiger partial charge in [0.1, 0.15) is 11.4 Å². The lowest BCUT2D eigenvalue weighted by Gasteiger charge is -2.35. The topological polar surface area (TPSA) is 49.4 Å². The van der Waals surface area contributed by atoms with Gasteiger partial charge >= 0.3 is 0 Å². The predicted octanol–water partition coefficient (Wildman–Crippen LogP) is 4.92. The van der Waals surface area contributed by atoms with E-state index in [-0.39, 0.29) is 23.4 Å².